The molecule has 4 heteroatoms. The average Bonchev–Trinajstić information content (AvgIpc) is 2.85. The van der Waals surface area contributed by atoms with Crippen LogP contribution < -0.4 is 10.6 Å². The number of rotatable bonds is 5. The first-order valence-electron chi connectivity index (χ1n) is 7.48. The maximum absolute atomic E-state index is 11.9. The Hall–Kier alpha value is -0.610. The molecule has 2 fully saturated rings. The molecule has 0 aromatic rings. The predicted molar refractivity (Wildman–Crippen MR) is 73.5 cm³/mol. The summed E-state index contributed by atoms with van der Waals surface area (Å²) in [5.41, 5.74) is 0. The van der Waals surface area contributed by atoms with Crippen LogP contribution in [-0.2, 0) is 4.79 Å². The zero-order valence-electron chi connectivity index (χ0n) is 11.6. The summed E-state index contributed by atoms with van der Waals surface area (Å²) in [7, 11) is 0. The van der Waals surface area contributed by atoms with Crippen molar-refractivity contribution in [1.29, 1.82) is 0 Å². The minimum absolute atomic E-state index is 0.209. The smallest absolute Gasteiger partial charge is 0.221 e. The summed E-state index contributed by atoms with van der Waals surface area (Å²) in [5.74, 6) is 0.837. The Morgan fingerprint density at radius 2 is 2.11 bits per heavy atom. The van der Waals surface area contributed by atoms with Crippen molar-refractivity contribution < 1.29 is 4.79 Å². The van der Waals surface area contributed by atoms with E-state index in [1.165, 1.54) is 38.8 Å². The van der Waals surface area contributed by atoms with Crippen LogP contribution in [0.15, 0.2) is 0 Å². The van der Waals surface area contributed by atoms with Crippen LogP contribution in [0, 0.1) is 5.92 Å². The van der Waals surface area contributed by atoms with E-state index < -0.39 is 0 Å². The molecule has 0 aromatic heterocycles. The Morgan fingerprint density at radius 3 is 2.83 bits per heavy atom. The molecule has 0 saturated carbocycles. The van der Waals surface area contributed by atoms with Gasteiger partial charge in [-0.1, -0.05) is 6.92 Å². The average molecular weight is 253 g/mol. The number of carbonyl (C=O) groups is 1. The summed E-state index contributed by atoms with van der Waals surface area (Å²) in [6, 6.07) is 0.380. The number of carbonyl (C=O) groups excluding carboxylic acids is 1. The molecule has 18 heavy (non-hydrogen) atoms. The fraction of sp³-hybridized carbons (Fsp3) is 0.929. The van der Waals surface area contributed by atoms with Crippen molar-refractivity contribution in [2.75, 3.05) is 32.7 Å². The molecular weight excluding hydrogens is 226 g/mol. The van der Waals surface area contributed by atoms with Gasteiger partial charge in [0.15, 0.2) is 0 Å². The zero-order chi connectivity index (χ0) is 12.8. The van der Waals surface area contributed by atoms with E-state index >= 15 is 0 Å². The first-order chi connectivity index (χ1) is 8.75. The molecule has 1 amide bonds. The van der Waals surface area contributed by atoms with Gasteiger partial charge in [-0.2, -0.15) is 0 Å². The third-order valence-corrected chi connectivity index (χ3v) is 4.28. The minimum atomic E-state index is 0.209. The lowest BCUT2D eigenvalue weighted by Gasteiger charge is -2.29. The van der Waals surface area contributed by atoms with Crippen LogP contribution in [0.4, 0.5) is 0 Å². The van der Waals surface area contributed by atoms with Crippen LogP contribution in [-0.4, -0.2) is 49.6 Å². The molecule has 2 unspecified atom stereocenters. The van der Waals surface area contributed by atoms with Gasteiger partial charge in [-0.15, -0.1) is 0 Å². The van der Waals surface area contributed by atoms with E-state index in [1.807, 2.05) is 0 Å². The molecule has 2 aliphatic rings. The molecule has 4 nitrogen and oxygen atoms in total. The van der Waals surface area contributed by atoms with Crippen molar-refractivity contribution in [2.45, 2.75) is 45.1 Å². The van der Waals surface area contributed by atoms with Gasteiger partial charge in [0, 0.05) is 25.6 Å². The Morgan fingerprint density at radius 1 is 1.33 bits per heavy atom. The highest BCUT2D eigenvalue weighted by atomic mass is 16.1. The highest BCUT2D eigenvalue weighted by Crippen LogP contribution is 2.17. The van der Waals surface area contributed by atoms with E-state index in [2.05, 4.69) is 22.5 Å². The van der Waals surface area contributed by atoms with Gasteiger partial charge in [-0.25, -0.2) is 0 Å². The molecule has 104 valence electrons. The zero-order valence-corrected chi connectivity index (χ0v) is 11.6. The molecule has 0 spiro atoms. The summed E-state index contributed by atoms with van der Waals surface area (Å²) in [5, 5.41) is 6.52. The van der Waals surface area contributed by atoms with E-state index in [0.29, 0.717) is 18.4 Å². The van der Waals surface area contributed by atoms with Gasteiger partial charge in [0.1, 0.15) is 0 Å². The van der Waals surface area contributed by atoms with Gasteiger partial charge >= 0.3 is 0 Å². The number of hydrogen-bond acceptors (Lipinski definition) is 3. The maximum Gasteiger partial charge on any atom is 0.221 e. The summed E-state index contributed by atoms with van der Waals surface area (Å²) >= 11 is 0. The second kappa shape index (κ2) is 7.10. The number of likely N-dealkylation sites (tertiary alicyclic amines) is 1. The van der Waals surface area contributed by atoms with Crippen molar-refractivity contribution in [3.05, 3.63) is 0 Å². The molecule has 2 aliphatic heterocycles. The van der Waals surface area contributed by atoms with Gasteiger partial charge in [-0.3, -0.25) is 4.79 Å². The van der Waals surface area contributed by atoms with Gasteiger partial charge in [0.25, 0.3) is 0 Å². The summed E-state index contributed by atoms with van der Waals surface area (Å²) in [4.78, 5) is 14.3. The van der Waals surface area contributed by atoms with Crippen LogP contribution in [0.25, 0.3) is 0 Å². The standard InChI is InChI=1S/C14H27N3O/c1-12-5-4-6-15-13(12)11-14(18)16-7-10-17-8-2-3-9-17/h12-13,15H,2-11H2,1H3,(H,16,18). The molecule has 0 radical (unpaired) electrons. The Balaban J connectivity index is 1.59. The molecule has 0 aliphatic carbocycles. The fourth-order valence-electron chi connectivity index (χ4n) is 3.02. The molecular formula is C14H27N3O. The number of piperidine rings is 1. The highest BCUT2D eigenvalue weighted by molar-refractivity contribution is 5.76. The first kappa shape index (κ1) is 13.8. The molecule has 2 atom stereocenters. The number of nitrogens with zero attached hydrogens (tertiary/aromatic N) is 1. The van der Waals surface area contributed by atoms with Gasteiger partial charge in [-0.05, 0) is 51.2 Å². The molecule has 2 saturated heterocycles. The molecule has 2 N–H and O–H groups in total. The Bertz CT molecular complexity index is 264. The van der Waals surface area contributed by atoms with Gasteiger partial charge in [0.05, 0.1) is 0 Å². The second-order valence-corrected chi connectivity index (χ2v) is 5.78. The van der Waals surface area contributed by atoms with Gasteiger partial charge < -0.3 is 15.5 Å². The third kappa shape index (κ3) is 4.25. The summed E-state index contributed by atoms with van der Waals surface area (Å²) in [6.07, 6.45) is 5.77. The lowest BCUT2D eigenvalue weighted by atomic mass is 9.90. The van der Waals surface area contributed by atoms with Crippen molar-refractivity contribution in [3.63, 3.8) is 0 Å². The SMILES string of the molecule is CC1CCCNC1CC(=O)NCCN1CCCC1. The predicted octanol–water partition coefficient (Wildman–Crippen LogP) is 0.977. The van der Waals surface area contributed by atoms with E-state index in [1.54, 1.807) is 0 Å². The molecule has 0 bridgehead atoms. The van der Waals surface area contributed by atoms with Crippen molar-refractivity contribution in [3.8, 4) is 0 Å². The molecule has 2 rings (SSSR count). The summed E-state index contributed by atoms with van der Waals surface area (Å²) in [6.45, 7) is 7.54. The Labute approximate surface area is 110 Å². The Kier molecular flexibility index (Phi) is 5.45. The maximum atomic E-state index is 11.9. The van der Waals surface area contributed by atoms with E-state index in [-0.39, 0.29) is 5.91 Å². The number of hydrogen-bond donors (Lipinski definition) is 2. The number of amides is 1. The topological polar surface area (TPSA) is 44.4 Å². The lowest BCUT2D eigenvalue weighted by molar-refractivity contribution is -0.122. The quantitative estimate of drug-likeness (QED) is 0.767. The van der Waals surface area contributed by atoms with Crippen LogP contribution in [0.1, 0.15) is 39.0 Å². The van der Waals surface area contributed by atoms with Crippen LogP contribution >= 0.6 is 0 Å². The monoisotopic (exact) mass is 253 g/mol. The van der Waals surface area contributed by atoms with Crippen molar-refractivity contribution in [2.24, 2.45) is 5.92 Å². The van der Waals surface area contributed by atoms with Crippen molar-refractivity contribution in [1.82, 2.24) is 15.5 Å². The van der Waals surface area contributed by atoms with E-state index in [9.17, 15) is 4.79 Å². The van der Waals surface area contributed by atoms with Crippen LogP contribution in [0.3, 0.4) is 0 Å². The third-order valence-electron chi connectivity index (χ3n) is 4.28. The minimum Gasteiger partial charge on any atom is -0.355 e. The van der Waals surface area contributed by atoms with Crippen molar-refractivity contribution >= 4 is 5.91 Å². The second-order valence-electron chi connectivity index (χ2n) is 5.78. The largest absolute Gasteiger partial charge is 0.355 e. The van der Waals surface area contributed by atoms with Gasteiger partial charge in [0.2, 0.25) is 5.91 Å². The van der Waals surface area contributed by atoms with Crippen LogP contribution in [0.5, 0.6) is 0 Å². The molecule has 0 aromatic carbocycles. The van der Waals surface area contributed by atoms with E-state index in [4.69, 9.17) is 0 Å². The highest BCUT2D eigenvalue weighted by Gasteiger charge is 2.23. The normalized spacial score (nSPS) is 29.4. The molecule has 2 heterocycles. The first-order valence-corrected chi connectivity index (χ1v) is 7.48. The summed E-state index contributed by atoms with van der Waals surface area (Å²) < 4.78 is 0. The van der Waals surface area contributed by atoms with Crippen LogP contribution in [0.2, 0.25) is 0 Å². The fourth-order valence-corrected chi connectivity index (χ4v) is 3.02. The number of nitrogens with one attached hydrogen (secondary N) is 2. The van der Waals surface area contributed by atoms with E-state index in [0.717, 1.165) is 19.6 Å². The lowest BCUT2D eigenvalue weighted by Crippen LogP contribution is -2.44.